The molecule has 100 valence electrons. The highest BCUT2D eigenvalue weighted by Gasteiger charge is 2.14. The van der Waals surface area contributed by atoms with Crippen LogP contribution in [0.4, 0.5) is 0 Å². The molecular weight excluding hydrogens is 242 g/mol. The van der Waals surface area contributed by atoms with Crippen LogP contribution in [0.3, 0.4) is 0 Å². The Labute approximate surface area is 115 Å². The predicted molar refractivity (Wildman–Crippen MR) is 80.6 cm³/mol. The Morgan fingerprint density at radius 3 is 2.78 bits per heavy atom. The van der Waals surface area contributed by atoms with Crippen molar-refractivity contribution in [3.63, 3.8) is 0 Å². The van der Waals surface area contributed by atoms with Crippen LogP contribution in [0.25, 0.3) is 0 Å². The number of Topliss-reactive ketones (excluding diaryl/α,β-unsaturated/α-hetero) is 1. The molecule has 0 aliphatic heterocycles. The zero-order valence-corrected chi connectivity index (χ0v) is 12.6. The number of benzene rings is 1. The Bertz CT molecular complexity index is 392. The zero-order valence-electron chi connectivity index (χ0n) is 11.8. The number of ketones is 1. The topological polar surface area (TPSA) is 20.3 Å². The Hall–Kier alpha value is -0.800. The second-order valence-electron chi connectivity index (χ2n) is 4.84. The quantitative estimate of drug-likeness (QED) is 0.706. The van der Waals surface area contributed by atoms with E-state index in [2.05, 4.69) is 18.1 Å². The molecule has 1 atom stereocenters. The molecular formula is C15H23NOS. The first-order valence-corrected chi connectivity index (χ1v) is 7.73. The van der Waals surface area contributed by atoms with Crippen molar-refractivity contribution in [2.24, 2.45) is 0 Å². The first-order chi connectivity index (χ1) is 8.54. The average Bonchev–Trinajstić information content (AvgIpc) is 2.35. The fraction of sp³-hybridized carbons (Fsp3) is 0.533. The molecule has 0 spiro atoms. The number of rotatable bonds is 7. The van der Waals surface area contributed by atoms with Crippen LogP contribution in [-0.4, -0.2) is 42.3 Å². The lowest BCUT2D eigenvalue weighted by Crippen LogP contribution is -2.34. The van der Waals surface area contributed by atoms with Crippen molar-refractivity contribution in [2.75, 3.05) is 25.6 Å². The van der Waals surface area contributed by atoms with Gasteiger partial charge in [0.05, 0.1) is 6.54 Å². The SMILES string of the molecule is CSCCC(C)N(C)CC(=O)c1cccc(C)c1. The second-order valence-corrected chi connectivity index (χ2v) is 5.82. The summed E-state index contributed by atoms with van der Waals surface area (Å²) in [6.07, 6.45) is 3.24. The van der Waals surface area contributed by atoms with E-state index in [1.54, 1.807) is 0 Å². The van der Waals surface area contributed by atoms with E-state index in [0.29, 0.717) is 12.6 Å². The summed E-state index contributed by atoms with van der Waals surface area (Å²) in [6.45, 7) is 4.69. The van der Waals surface area contributed by atoms with E-state index in [-0.39, 0.29) is 5.78 Å². The van der Waals surface area contributed by atoms with E-state index >= 15 is 0 Å². The molecule has 0 amide bonds. The van der Waals surface area contributed by atoms with E-state index in [4.69, 9.17) is 0 Å². The molecule has 0 aromatic heterocycles. The van der Waals surface area contributed by atoms with Crippen molar-refractivity contribution in [3.05, 3.63) is 35.4 Å². The zero-order chi connectivity index (χ0) is 13.5. The van der Waals surface area contributed by atoms with Gasteiger partial charge < -0.3 is 0 Å². The van der Waals surface area contributed by atoms with Crippen LogP contribution in [0.1, 0.15) is 29.3 Å². The van der Waals surface area contributed by atoms with Gasteiger partial charge in [-0.25, -0.2) is 0 Å². The predicted octanol–water partition coefficient (Wildman–Crippen LogP) is 3.25. The van der Waals surface area contributed by atoms with Crippen LogP contribution in [0.5, 0.6) is 0 Å². The molecule has 3 heteroatoms. The van der Waals surface area contributed by atoms with Crippen LogP contribution in [-0.2, 0) is 0 Å². The maximum absolute atomic E-state index is 12.1. The van der Waals surface area contributed by atoms with Gasteiger partial charge in [0.1, 0.15) is 0 Å². The molecule has 1 aromatic rings. The van der Waals surface area contributed by atoms with Crippen molar-refractivity contribution in [1.82, 2.24) is 4.90 Å². The van der Waals surface area contributed by atoms with Crippen LogP contribution in [0, 0.1) is 6.92 Å². The molecule has 0 N–H and O–H groups in total. The minimum Gasteiger partial charge on any atom is -0.296 e. The Morgan fingerprint density at radius 1 is 1.44 bits per heavy atom. The van der Waals surface area contributed by atoms with Gasteiger partial charge in [-0.1, -0.05) is 23.8 Å². The van der Waals surface area contributed by atoms with Crippen molar-refractivity contribution in [3.8, 4) is 0 Å². The highest BCUT2D eigenvalue weighted by molar-refractivity contribution is 7.98. The summed E-state index contributed by atoms with van der Waals surface area (Å²) in [6, 6.07) is 8.27. The summed E-state index contributed by atoms with van der Waals surface area (Å²) in [5.41, 5.74) is 1.96. The third-order valence-electron chi connectivity index (χ3n) is 3.23. The van der Waals surface area contributed by atoms with Crippen LogP contribution in [0.15, 0.2) is 24.3 Å². The van der Waals surface area contributed by atoms with Crippen molar-refractivity contribution >= 4 is 17.5 Å². The molecule has 1 rings (SSSR count). The molecule has 0 bridgehead atoms. The molecule has 0 fully saturated rings. The van der Waals surface area contributed by atoms with Gasteiger partial charge in [-0.15, -0.1) is 0 Å². The lowest BCUT2D eigenvalue weighted by molar-refractivity contribution is 0.0923. The summed E-state index contributed by atoms with van der Waals surface area (Å²) in [5, 5.41) is 0. The van der Waals surface area contributed by atoms with Gasteiger partial charge in [-0.3, -0.25) is 9.69 Å². The molecule has 18 heavy (non-hydrogen) atoms. The molecule has 1 unspecified atom stereocenters. The normalized spacial score (nSPS) is 12.7. The van der Waals surface area contributed by atoms with E-state index in [9.17, 15) is 4.79 Å². The van der Waals surface area contributed by atoms with E-state index < -0.39 is 0 Å². The molecule has 0 aliphatic carbocycles. The maximum Gasteiger partial charge on any atom is 0.176 e. The van der Waals surface area contributed by atoms with Gasteiger partial charge in [0.25, 0.3) is 0 Å². The smallest absolute Gasteiger partial charge is 0.176 e. The van der Waals surface area contributed by atoms with Gasteiger partial charge in [-0.05, 0) is 45.4 Å². The summed E-state index contributed by atoms with van der Waals surface area (Å²) in [4.78, 5) is 14.3. The van der Waals surface area contributed by atoms with Crippen LogP contribution in [0.2, 0.25) is 0 Å². The first-order valence-electron chi connectivity index (χ1n) is 6.33. The highest BCUT2D eigenvalue weighted by atomic mass is 32.2. The van der Waals surface area contributed by atoms with E-state index in [1.165, 1.54) is 0 Å². The van der Waals surface area contributed by atoms with Gasteiger partial charge in [0, 0.05) is 11.6 Å². The fourth-order valence-electron chi connectivity index (χ4n) is 1.80. The fourth-order valence-corrected chi connectivity index (χ4v) is 2.38. The van der Waals surface area contributed by atoms with E-state index in [0.717, 1.165) is 23.3 Å². The monoisotopic (exact) mass is 265 g/mol. The number of likely N-dealkylation sites (N-methyl/N-ethyl adjacent to an activating group) is 1. The summed E-state index contributed by atoms with van der Waals surface area (Å²) in [7, 11) is 2.03. The number of carbonyl (C=O) groups is 1. The van der Waals surface area contributed by atoms with Gasteiger partial charge in [0.2, 0.25) is 0 Å². The lowest BCUT2D eigenvalue weighted by Gasteiger charge is -2.23. The minimum atomic E-state index is 0.206. The standard InChI is InChI=1S/C15H23NOS/c1-12-6-5-7-14(10-12)15(17)11-16(3)13(2)8-9-18-4/h5-7,10,13H,8-9,11H2,1-4H3. The first kappa shape index (κ1) is 15.3. The van der Waals surface area contributed by atoms with Gasteiger partial charge in [-0.2, -0.15) is 11.8 Å². The summed E-state index contributed by atoms with van der Waals surface area (Å²) < 4.78 is 0. The molecule has 2 nitrogen and oxygen atoms in total. The summed E-state index contributed by atoms with van der Waals surface area (Å²) >= 11 is 1.85. The Morgan fingerprint density at radius 2 is 2.17 bits per heavy atom. The number of nitrogens with zero attached hydrogens (tertiary/aromatic N) is 1. The lowest BCUT2D eigenvalue weighted by atomic mass is 10.1. The third kappa shape index (κ3) is 4.83. The van der Waals surface area contributed by atoms with E-state index in [1.807, 2.05) is 50.0 Å². The Balaban J connectivity index is 2.54. The minimum absolute atomic E-state index is 0.206. The molecule has 0 radical (unpaired) electrons. The van der Waals surface area contributed by atoms with Gasteiger partial charge >= 0.3 is 0 Å². The molecule has 0 saturated carbocycles. The van der Waals surface area contributed by atoms with Crippen molar-refractivity contribution in [2.45, 2.75) is 26.3 Å². The van der Waals surface area contributed by atoms with Crippen LogP contribution < -0.4 is 0 Å². The molecule has 0 heterocycles. The summed E-state index contributed by atoms with van der Waals surface area (Å²) in [5.74, 6) is 1.35. The number of carbonyl (C=O) groups excluding carboxylic acids is 1. The average molecular weight is 265 g/mol. The number of thioether (sulfide) groups is 1. The second kappa shape index (κ2) is 7.59. The Kier molecular flexibility index (Phi) is 6.44. The molecule has 0 aliphatic rings. The third-order valence-corrected chi connectivity index (χ3v) is 3.87. The number of aryl methyl sites for hydroxylation is 1. The number of hydrogen-bond acceptors (Lipinski definition) is 3. The van der Waals surface area contributed by atoms with Gasteiger partial charge in [0.15, 0.2) is 5.78 Å². The highest BCUT2D eigenvalue weighted by Crippen LogP contribution is 2.09. The maximum atomic E-state index is 12.1. The van der Waals surface area contributed by atoms with Crippen molar-refractivity contribution in [1.29, 1.82) is 0 Å². The largest absolute Gasteiger partial charge is 0.296 e. The number of hydrogen-bond donors (Lipinski definition) is 0. The molecule has 0 saturated heterocycles. The van der Waals surface area contributed by atoms with Crippen LogP contribution >= 0.6 is 11.8 Å². The van der Waals surface area contributed by atoms with Crippen molar-refractivity contribution < 1.29 is 4.79 Å². The molecule has 1 aromatic carbocycles.